The number of rotatable bonds is 4. The summed E-state index contributed by atoms with van der Waals surface area (Å²) in [7, 11) is 0.700. The van der Waals surface area contributed by atoms with Crippen LogP contribution >= 0.6 is 0 Å². The molecule has 0 bridgehead atoms. The quantitative estimate of drug-likeness (QED) is 0.727. The number of hydrogen-bond donors (Lipinski definition) is 1. The molecular formula is C10H20N2O3S. The van der Waals surface area contributed by atoms with E-state index in [0.29, 0.717) is 13.0 Å². The lowest BCUT2D eigenvalue weighted by Gasteiger charge is -2.26. The summed E-state index contributed by atoms with van der Waals surface area (Å²) in [6, 6.07) is -0.0596. The van der Waals surface area contributed by atoms with Gasteiger partial charge in [0.1, 0.15) is 0 Å². The van der Waals surface area contributed by atoms with Gasteiger partial charge in [-0.3, -0.25) is 0 Å². The minimum absolute atomic E-state index is 0.0596. The average molecular weight is 248 g/mol. The van der Waals surface area contributed by atoms with Crippen LogP contribution in [0.25, 0.3) is 0 Å². The lowest BCUT2D eigenvalue weighted by molar-refractivity contribution is 0.188. The van der Waals surface area contributed by atoms with Crippen LogP contribution in [0.4, 0.5) is 0 Å². The average Bonchev–Trinajstić information content (AvgIpc) is 2.91. The van der Waals surface area contributed by atoms with Crippen LogP contribution in [0.15, 0.2) is 0 Å². The largest absolute Gasteiger partial charge is 0.392 e. The van der Waals surface area contributed by atoms with Gasteiger partial charge in [0.15, 0.2) is 0 Å². The molecule has 2 fully saturated rings. The van der Waals surface area contributed by atoms with E-state index in [-0.39, 0.29) is 17.8 Å². The first-order chi connectivity index (χ1) is 7.41. The highest BCUT2D eigenvalue weighted by Gasteiger charge is 2.46. The van der Waals surface area contributed by atoms with Crippen molar-refractivity contribution in [2.75, 3.05) is 27.2 Å². The van der Waals surface area contributed by atoms with Crippen LogP contribution in [-0.2, 0) is 10.0 Å². The number of nitrogens with zero attached hydrogens (tertiary/aromatic N) is 2. The Labute approximate surface area is 97.1 Å². The SMILES string of the molecule is CN(C)CC1CC(O)CN1S(=O)(=O)C1CC1. The van der Waals surface area contributed by atoms with Crippen LogP contribution in [0.2, 0.25) is 0 Å². The minimum atomic E-state index is -3.15. The Bertz CT molecular complexity index is 351. The van der Waals surface area contributed by atoms with Crippen molar-refractivity contribution in [2.24, 2.45) is 0 Å². The summed E-state index contributed by atoms with van der Waals surface area (Å²) >= 11 is 0. The standard InChI is InChI=1S/C10H20N2O3S/c1-11(2)6-8-5-9(13)7-12(8)16(14,15)10-3-4-10/h8-10,13H,3-7H2,1-2H3. The van der Waals surface area contributed by atoms with Crippen molar-refractivity contribution in [3.05, 3.63) is 0 Å². The van der Waals surface area contributed by atoms with Crippen molar-refractivity contribution in [3.63, 3.8) is 0 Å². The summed E-state index contributed by atoms with van der Waals surface area (Å²) in [5.74, 6) is 0. The summed E-state index contributed by atoms with van der Waals surface area (Å²) in [5.41, 5.74) is 0. The Hall–Kier alpha value is -0.170. The van der Waals surface area contributed by atoms with E-state index in [1.807, 2.05) is 19.0 Å². The number of aliphatic hydroxyl groups is 1. The second-order valence-electron chi connectivity index (χ2n) is 5.12. The van der Waals surface area contributed by atoms with E-state index in [1.165, 1.54) is 4.31 Å². The smallest absolute Gasteiger partial charge is 0.217 e. The highest BCUT2D eigenvalue weighted by Crippen LogP contribution is 2.34. The molecule has 1 aliphatic heterocycles. The lowest BCUT2D eigenvalue weighted by Crippen LogP contribution is -2.42. The highest BCUT2D eigenvalue weighted by atomic mass is 32.2. The topological polar surface area (TPSA) is 60.9 Å². The van der Waals surface area contributed by atoms with Gasteiger partial charge < -0.3 is 10.0 Å². The number of hydrogen-bond acceptors (Lipinski definition) is 4. The molecule has 0 aromatic carbocycles. The molecule has 94 valence electrons. The van der Waals surface area contributed by atoms with E-state index in [9.17, 15) is 13.5 Å². The van der Waals surface area contributed by atoms with E-state index in [4.69, 9.17) is 0 Å². The van der Waals surface area contributed by atoms with Gasteiger partial charge in [0.25, 0.3) is 0 Å². The fourth-order valence-corrected chi connectivity index (χ4v) is 4.38. The van der Waals surface area contributed by atoms with Gasteiger partial charge in [-0.25, -0.2) is 8.42 Å². The second kappa shape index (κ2) is 4.25. The highest BCUT2D eigenvalue weighted by molar-refractivity contribution is 7.90. The molecule has 16 heavy (non-hydrogen) atoms. The maximum atomic E-state index is 12.1. The van der Waals surface area contributed by atoms with Gasteiger partial charge in [-0.15, -0.1) is 0 Å². The Morgan fingerprint density at radius 1 is 1.38 bits per heavy atom. The second-order valence-corrected chi connectivity index (χ2v) is 7.29. The van der Waals surface area contributed by atoms with E-state index in [1.54, 1.807) is 0 Å². The first kappa shape index (κ1) is 12.3. The molecule has 1 saturated heterocycles. The Kier molecular flexibility index (Phi) is 3.27. The van der Waals surface area contributed by atoms with Crippen molar-refractivity contribution in [1.29, 1.82) is 0 Å². The van der Waals surface area contributed by atoms with Gasteiger partial charge in [-0.2, -0.15) is 4.31 Å². The number of aliphatic hydroxyl groups excluding tert-OH is 1. The maximum Gasteiger partial charge on any atom is 0.217 e. The van der Waals surface area contributed by atoms with Crippen LogP contribution in [0, 0.1) is 0 Å². The minimum Gasteiger partial charge on any atom is -0.392 e. The molecule has 1 aliphatic carbocycles. The molecule has 1 heterocycles. The summed E-state index contributed by atoms with van der Waals surface area (Å²) in [4.78, 5) is 1.97. The van der Waals surface area contributed by atoms with Crippen molar-refractivity contribution >= 4 is 10.0 Å². The number of sulfonamides is 1. The third kappa shape index (κ3) is 2.40. The predicted octanol–water partition coefficient (Wildman–Crippen LogP) is -0.525. The van der Waals surface area contributed by atoms with Crippen LogP contribution in [0.1, 0.15) is 19.3 Å². The van der Waals surface area contributed by atoms with Gasteiger partial charge >= 0.3 is 0 Å². The molecular weight excluding hydrogens is 228 g/mol. The zero-order valence-corrected chi connectivity index (χ0v) is 10.7. The van der Waals surface area contributed by atoms with Crippen LogP contribution in [0.3, 0.4) is 0 Å². The van der Waals surface area contributed by atoms with Gasteiger partial charge in [0, 0.05) is 19.1 Å². The van der Waals surface area contributed by atoms with E-state index in [0.717, 1.165) is 12.8 Å². The number of β-amino-alcohol motifs (C(OH)–C–C–N with tert-alkyl or cyclic N) is 1. The van der Waals surface area contributed by atoms with E-state index in [2.05, 4.69) is 0 Å². The first-order valence-corrected chi connectivity index (χ1v) is 7.25. The van der Waals surface area contributed by atoms with Gasteiger partial charge in [-0.05, 0) is 33.4 Å². The molecule has 2 unspecified atom stereocenters. The summed E-state index contributed by atoms with van der Waals surface area (Å²) < 4.78 is 25.8. The first-order valence-electron chi connectivity index (χ1n) is 5.74. The third-order valence-electron chi connectivity index (χ3n) is 3.19. The molecule has 5 nitrogen and oxygen atoms in total. The van der Waals surface area contributed by atoms with E-state index < -0.39 is 16.1 Å². The molecule has 0 spiro atoms. The molecule has 2 rings (SSSR count). The Balaban J connectivity index is 2.11. The summed E-state index contributed by atoms with van der Waals surface area (Å²) in [6.45, 7) is 0.959. The molecule has 2 aliphatic rings. The molecule has 0 amide bonds. The molecule has 6 heteroatoms. The monoisotopic (exact) mass is 248 g/mol. The lowest BCUT2D eigenvalue weighted by atomic mass is 10.2. The van der Waals surface area contributed by atoms with Crippen molar-refractivity contribution < 1.29 is 13.5 Å². The molecule has 0 aromatic heterocycles. The third-order valence-corrected chi connectivity index (χ3v) is 5.61. The summed E-state index contributed by atoms with van der Waals surface area (Å²) in [5, 5.41) is 9.45. The van der Waals surface area contributed by atoms with Crippen LogP contribution in [-0.4, -0.2) is 67.3 Å². The zero-order valence-electron chi connectivity index (χ0n) is 9.83. The van der Waals surface area contributed by atoms with Crippen LogP contribution < -0.4 is 0 Å². The summed E-state index contributed by atoms with van der Waals surface area (Å²) in [6.07, 6.45) is 1.62. The predicted molar refractivity (Wildman–Crippen MR) is 61.6 cm³/mol. The molecule has 0 radical (unpaired) electrons. The number of likely N-dealkylation sites (N-methyl/N-ethyl adjacent to an activating group) is 1. The van der Waals surface area contributed by atoms with Crippen molar-refractivity contribution in [3.8, 4) is 0 Å². The van der Waals surface area contributed by atoms with Crippen molar-refractivity contribution in [1.82, 2.24) is 9.21 Å². The Morgan fingerprint density at radius 2 is 2.00 bits per heavy atom. The molecule has 1 N–H and O–H groups in total. The molecule has 2 atom stereocenters. The van der Waals surface area contributed by atoms with Gasteiger partial charge in [-0.1, -0.05) is 0 Å². The normalized spacial score (nSPS) is 32.5. The van der Waals surface area contributed by atoms with Crippen LogP contribution in [0.5, 0.6) is 0 Å². The van der Waals surface area contributed by atoms with E-state index >= 15 is 0 Å². The zero-order chi connectivity index (χ0) is 11.9. The Morgan fingerprint density at radius 3 is 2.50 bits per heavy atom. The van der Waals surface area contributed by atoms with Gasteiger partial charge in [0.2, 0.25) is 10.0 Å². The maximum absolute atomic E-state index is 12.1. The molecule has 1 saturated carbocycles. The van der Waals surface area contributed by atoms with Gasteiger partial charge in [0.05, 0.1) is 11.4 Å². The fourth-order valence-electron chi connectivity index (χ4n) is 2.32. The molecule has 0 aromatic rings. The fraction of sp³-hybridized carbons (Fsp3) is 1.00. The van der Waals surface area contributed by atoms with Crippen molar-refractivity contribution in [2.45, 2.75) is 36.7 Å².